The predicted octanol–water partition coefficient (Wildman–Crippen LogP) is 5.11. The Kier molecular flexibility index (Phi) is 2.50. The average Bonchev–Trinajstić information content (AvgIpc) is 2.89. The fraction of sp³-hybridized carbons (Fsp3) is 0. The van der Waals surface area contributed by atoms with Crippen molar-refractivity contribution >= 4 is 54.1 Å². The minimum atomic E-state index is -0.324. The van der Waals surface area contributed by atoms with E-state index in [0.29, 0.717) is 11.1 Å². The molecule has 0 saturated carbocycles. The lowest BCUT2D eigenvalue weighted by atomic mass is 10.1. The molecule has 5 rings (SSSR count). The lowest BCUT2D eigenvalue weighted by Gasteiger charge is -2.02. The topological polar surface area (TPSA) is 34.6 Å². The summed E-state index contributed by atoms with van der Waals surface area (Å²) in [6.45, 7) is 0. The van der Waals surface area contributed by atoms with E-state index < -0.39 is 0 Å². The summed E-state index contributed by atoms with van der Waals surface area (Å²) in [4.78, 5) is 12.5. The molecular formula is C19H10BrNO2. The molecule has 110 valence electrons. The summed E-state index contributed by atoms with van der Waals surface area (Å²) >= 11 is 3.73. The van der Waals surface area contributed by atoms with Gasteiger partial charge in [0.05, 0.1) is 9.99 Å². The van der Waals surface area contributed by atoms with E-state index in [9.17, 15) is 4.79 Å². The van der Waals surface area contributed by atoms with Crippen molar-refractivity contribution in [2.45, 2.75) is 0 Å². The average molecular weight is 364 g/mol. The molecule has 23 heavy (non-hydrogen) atoms. The normalized spacial score (nSPS) is 11.9. The molecule has 0 radical (unpaired) electrons. The molecule has 5 aromatic rings. The Labute approximate surface area is 138 Å². The van der Waals surface area contributed by atoms with Crippen LogP contribution in [0, 0.1) is 0 Å². The van der Waals surface area contributed by atoms with E-state index in [-0.39, 0.29) is 5.63 Å². The highest BCUT2D eigenvalue weighted by molar-refractivity contribution is 9.10. The van der Waals surface area contributed by atoms with Gasteiger partial charge in [0.2, 0.25) is 0 Å². The van der Waals surface area contributed by atoms with E-state index in [1.54, 1.807) is 0 Å². The zero-order valence-corrected chi connectivity index (χ0v) is 13.5. The van der Waals surface area contributed by atoms with E-state index >= 15 is 0 Å². The zero-order valence-electron chi connectivity index (χ0n) is 11.9. The number of rotatable bonds is 0. The molecule has 0 unspecified atom stereocenters. The van der Waals surface area contributed by atoms with Crippen molar-refractivity contribution in [2.24, 2.45) is 0 Å². The Morgan fingerprint density at radius 1 is 0.870 bits per heavy atom. The quantitative estimate of drug-likeness (QED) is 0.358. The van der Waals surface area contributed by atoms with Crippen LogP contribution < -0.4 is 5.63 Å². The van der Waals surface area contributed by atoms with Crippen LogP contribution in [0.3, 0.4) is 0 Å². The summed E-state index contributed by atoms with van der Waals surface area (Å²) in [5.74, 6) is 0. The molecule has 3 aromatic heterocycles. The van der Waals surface area contributed by atoms with Crippen LogP contribution >= 0.6 is 15.9 Å². The van der Waals surface area contributed by atoms with Crippen LogP contribution in [0.4, 0.5) is 0 Å². The molecule has 0 aliphatic rings. The Morgan fingerprint density at radius 3 is 2.48 bits per heavy atom. The van der Waals surface area contributed by atoms with Crippen LogP contribution in [-0.4, -0.2) is 4.40 Å². The van der Waals surface area contributed by atoms with Crippen LogP contribution in [0.25, 0.3) is 38.2 Å². The highest BCUT2D eigenvalue weighted by Gasteiger charge is 2.18. The molecule has 0 aliphatic carbocycles. The van der Waals surface area contributed by atoms with Gasteiger partial charge in [-0.15, -0.1) is 0 Å². The Bertz CT molecular complexity index is 1300. The first-order valence-electron chi connectivity index (χ1n) is 7.28. The summed E-state index contributed by atoms with van der Waals surface area (Å²) in [6, 6.07) is 17.8. The van der Waals surface area contributed by atoms with E-state index in [1.807, 2.05) is 53.1 Å². The molecule has 0 saturated heterocycles. The Morgan fingerprint density at radius 2 is 1.61 bits per heavy atom. The lowest BCUT2D eigenvalue weighted by molar-refractivity contribution is 0.567. The van der Waals surface area contributed by atoms with Gasteiger partial charge in [0.25, 0.3) is 0 Å². The van der Waals surface area contributed by atoms with Crippen LogP contribution in [0.15, 0.2) is 74.5 Å². The number of para-hydroxylation sites is 1. The van der Waals surface area contributed by atoms with E-state index in [2.05, 4.69) is 28.1 Å². The molecule has 4 heteroatoms. The Balaban J connectivity index is 2.20. The molecule has 0 spiro atoms. The van der Waals surface area contributed by atoms with E-state index in [0.717, 1.165) is 31.5 Å². The standard InChI is InChI=1S/C19H10BrNO2/c20-16-15-13-7-3-4-8-14(13)23-19(22)18(15)21-10-9-11-5-1-2-6-12(11)17(16)21/h1-10H. The summed E-state index contributed by atoms with van der Waals surface area (Å²) < 4.78 is 8.35. The molecule has 3 heterocycles. The van der Waals surface area contributed by atoms with Gasteiger partial charge in [0, 0.05) is 22.4 Å². The monoisotopic (exact) mass is 363 g/mol. The number of hydrogen-bond acceptors (Lipinski definition) is 2. The first-order chi connectivity index (χ1) is 11.3. The van der Waals surface area contributed by atoms with Crippen LogP contribution in [0.5, 0.6) is 0 Å². The van der Waals surface area contributed by atoms with Gasteiger partial charge < -0.3 is 8.82 Å². The molecule has 0 atom stereocenters. The summed E-state index contributed by atoms with van der Waals surface area (Å²) in [5.41, 5.74) is 1.83. The number of aromatic nitrogens is 1. The number of fused-ring (bicyclic) bond motifs is 7. The molecule has 3 nitrogen and oxygen atoms in total. The van der Waals surface area contributed by atoms with E-state index in [4.69, 9.17) is 4.42 Å². The Hall–Kier alpha value is -2.59. The lowest BCUT2D eigenvalue weighted by Crippen LogP contribution is -2.02. The van der Waals surface area contributed by atoms with Gasteiger partial charge >= 0.3 is 5.63 Å². The SMILES string of the molecule is O=c1oc2ccccc2c2c(Br)c3c4ccccc4ccn3c12. The minimum absolute atomic E-state index is 0.324. The van der Waals surface area contributed by atoms with Crippen molar-refractivity contribution in [1.29, 1.82) is 0 Å². The van der Waals surface area contributed by atoms with Gasteiger partial charge in [-0.25, -0.2) is 4.79 Å². The maximum Gasteiger partial charge on any atom is 0.361 e. The van der Waals surface area contributed by atoms with E-state index in [1.165, 1.54) is 0 Å². The number of nitrogens with zero attached hydrogens (tertiary/aromatic N) is 1. The number of pyridine rings is 1. The number of hydrogen-bond donors (Lipinski definition) is 0. The predicted molar refractivity (Wildman–Crippen MR) is 96.2 cm³/mol. The number of benzene rings is 2. The third-order valence-corrected chi connectivity index (χ3v) is 5.09. The molecule has 0 fully saturated rings. The smallest absolute Gasteiger partial charge is 0.361 e. The van der Waals surface area contributed by atoms with Gasteiger partial charge in [-0.05, 0) is 33.4 Å². The second kappa shape index (κ2) is 4.46. The van der Waals surface area contributed by atoms with Crippen LogP contribution in [0.1, 0.15) is 0 Å². The fourth-order valence-electron chi connectivity index (χ4n) is 3.33. The maximum atomic E-state index is 12.5. The molecule has 0 aliphatic heterocycles. The second-order valence-electron chi connectivity index (χ2n) is 5.54. The van der Waals surface area contributed by atoms with Gasteiger partial charge in [-0.2, -0.15) is 0 Å². The van der Waals surface area contributed by atoms with Crippen molar-refractivity contribution in [3.05, 3.63) is 75.7 Å². The van der Waals surface area contributed by atoms with Crippen molar-refractivity contribution in [1.82, 2.24) is 4.40 Å². The summed E-state index contributed by atoms with van der Waals surface area (Å²) in [7, 11) is 0. The van der Waals surface area contributed by atoms with Crippen molar-refractivity contribution in [3.63, 3.8) is 0 Å². The van der Waals surface area contributed by atoms with Crippen LogP contribution in [-0.2, 0) is 0 Å². The first kappa shape index (κ1) is 12.9. The first-order valence-corrected chi connectivity index (χ1v) is 8.08. The van der Waals surface area contributed by atoms with Crippen LogP contribution in [0.2, 0.25) is 0 Å². The summed E-state index contributed by atoms with van der Waals surface area (Å²) in [5, 5.41) is 4.06. The molecule has 0 bridgehead atoms. The molecular weight excluding hydrogens is 354 g/mol. The van der Waals surface area contributed by atoms with Crippen molar-refractivity contribution in [3.8, 4) is 0 Å². The van der Waals surface area contributed by atoms with Gasteiger partial charge in [0.15, 0.2) is 0 Å². The summed E-state index contributed by atoms with van der Waals surface area (Å²) in [6.07, 6.45) is 1.93. The fourth-order valence-corrected chi connectivity index (χ4v) is 4.13. The highest BCUT2D eigenvalue weighted by Crippen LogP contribution is 2.37. The minimum Gasteiger partial charge on any atom is -0.421 e. The second-order valence-corrected chi connectivity index (χ2v) is 6.34. The van der Waals surface area contributed by atoms with Gasteiger partial charge in [0.1, 0.15) is 11.1 Å². The van der Waals surface area contributed by atoms with Gasteiger partial charge in [-0.1, -0.05) is 42.5 Å². The third kappa shape index (κ3) is 1.61. The van der Waals surface area contributed by atoms with Crippen molar-refractivity contribution < 1.29 is 4.42 Å². The zero-order chi connectivity index (χ0) is 15.6. The molecule has 0 N–H and O–H groups in total. The van der Waals surface area contributed by atoms with Crippen molar-refractivity contribution in [2.75, 3.05) is 0 Å². The largest absolute Gasteiger partial charge is 0.421 e. The van der Waals surface area contributed by atoms with Gasteiger partial charge in [-0.3, -0.25) is 0 Å². The highest BCUT2D eigenvalue weighted by atomic mass is 79.9. The molecule has 2 aromatic carbocycles. The number of halogens is 1. The third-order valence-electron chi connectivity index (χ3n) is 4.32. The maximum absolute atomic E-state index is 12.5. The molecule has 0 amide bonds.